The van der Waals surface area contributed by atoms with Crippen LogP contribution in [-0.2, 0) is 20.4 Å². The van der Waals surface area contributed by atoms with E-state index in [4.69, 9.17) is 4.74 Å². The van der Waals surface area contributed by atoms with Crippen molar-refractivity contribution in [2.24, 2.45) is 10.8 Å². The Hall–Kier alpha value is -0.910. The summed E-state index contributed by atoms with van der Waals surface area (Å²) in [7, 11) is -1.79. The van der Waals surface area contributed by atoms with Crippen molar-refractivity contribution in [3.05, 3.63) is 29.8 Å². The topological polar surface area (TPSA) is 46.6 Å². The van der Waals surface area contributed by atoms with E-state index in [2.05, 4.69) is 20.8 Å². The summed E-state index contributed by atoms with van der Waals surface area (Å²) in [5.41, 5.74) is 0.845. The number of hydrogen-bond donors (Lipinski definition) is 0. The van der Waals surface area contributed by atoms with Crippen molar-refractivity contribution >= 4 is 10.0 Å². The first kappa shape index (κ1) is 18.9. The molecule has 0 radical (unpaired) electrons. The first-order valence-corrected chi connectivity index (χ1v) is 10.5. The minimum atomic E-state index is -3.46. The Morgan fingerprint density at radius 3 is 2.28 bits per heavy atom. The van der Waals surface area contributed by atoms with Crippen molar-refractivity contribution < 1.29 is 13.2 Å². The minimum absolute atomic E-state index is 0.0947. The standard InChI is InChI=1S/C20H31NO3S/c1-18(2)11-16-12-20(5,13-18)14-21(16)25(22,23)17-9-7-15(8-10-17)19(3,4)24-6/h7-10,16H,11-14H2,1-6H3. The highest BCUT2D eigenvalue weighted by Gasteiger charge is 2.53. The van der Waals surface area contributed by atoms with Gasteiger partial charge in [-0.1, -0.05) is 32.9 Å². The van der Waals surface area contributed by atoms with E-state index in [1.807, 2.05) is 26.0 Å². The second kappa shape index (κ2) is 5.80. The zero-order chi connectivity index (χ0) is 18.7. The van der Waals surface area contributed by atoms with Crippen LogP contribution >= 0.6 is 0 Å². The summed E-state index contributed by atoms with van der Waals surface area (Å²) in [6, 6.07) is 7.30. The molecule has 140 valence electrons. The molecule has 1 heterocycles. The monoisotopic (exact) mass is 365 g/mol. The largest absolute Gasteiger partial charge is 0.374 e. The first-order chi connectivity index (χ1) is 11.4. The maximum Gasteiger partial charge on any atom is 0.243 e. The predicted octanol–water partition coefficient (Wildman–Crippen LogP) is 4.16. The average molecular weight is 366 g/mol. The third-order valence-electron chi connectivity index (χ3n) is 6.03. The molecule has 2 unspecified atom stereocenters. The molecule has 25 heavy (non-hydrogen) atoms. The molecule has 1 aliphatic carbocycles. The Kier molecular flexibility index (Phi) is 4.37. The summed E-state index contributed by atoms with van der Waals surface area (Å²) in [6.07, 6.45) is 3.00. The second-order valence-corrected chi connectivity index (χ2v) is 11.4. The molecule has 0 aromatic heterocycles. The van der Waals surface area contributed by atoms with Crippen LogP contribution in [0.2, 0.25) is 0 Å². The predicted molar refractivity (Wildman–Crippen MR) is 99.9 cm³/mol. The SMILES string of the molecule is COC(C)(C)c1ccc(S(=O)(=O)N2CC3(C)CC2CC(C)(C)C3)cc1. The van der Waals surface area contributed by atoms with Gasteiger partial charge >= 0.3 is 0 Å². The first-order valence-electron chi connectivity index (χ1n) is 9.06. The van der Waals surface area contributed by atoms with Gasteiger partial charge in [0.15, 0.2) is 0 Å². The van der Waals surface area contributed by atoms with Crippen molar-refractivity contribution in [1.29, 1.82) is 0 Å². The van der Waals surface area contributed by atoms with Crippen LogP contribution in [0, 0.1) is 10.8 Å². The summed E-state index contributed by atoms with van der Waals surface area (Å²) >= 11 is 0. The number of hydrogen-bond acceptors (Lipinski definition) is 3. The zero-order valence-corrected chi connectivity index (χ0v) is 17.1. The molecule has 2 fully saturated rings. The molecule has 2 atom stereocenters. The summed E-state index contributed by atoms with van der Waals surface area (Å²) in [6.45, 7) is 11.3. The van der Waals surface area contributed by atoms with Crippen molar-refractivity contribution in [2.75, 3.05) is 13.7 Å². The number of fused-ring (bicyclic) bond motifs is 2. The molecule has 3 rings (SSSR count). The molecule has 0 amide bonds. The van der Waals surface area contributed by atoms with E-state index < -0.39 is 15.6 Å². The van der Waals surface area contributed by atoms with Gasteiger partial charge in [-0.05, 0) is 61.6 Å². The van der Waals surface area contributed by atoms with Crippen LogP contribution in [0.4, 0.5) is 0 Å². The average Bonchev–Trinajstić information content (AvgIpc) is 2.77. The Balaban J connectivity index is 1.90. The molecule has 1 aromatic rings. The van der Waals surface area contributed by atoms with E-state index in [9.17, 15) is 8.42 Å². The Morgan fingerprint density at radius 2 is 1.72 bits per heavy atom. The fraction of sp³-hybridized carbons (Fsp3) is 0.700. The molecule has 4 nitrogen and oxygen atoms in total. The van der Waals surface area contributed by atoms with Gasteiger partial charge in [-0.25, -0.2) is 8.42 Å². The molecule has 1 aromatic carbocycles. The van der Waals surface area contributed by atoms with Crippen LogP contribution < -0.4 is 0 Å². The number of nitrogens with zero attached hydrogens (tertiary/aromatic N) is 1. The number of methoxy groups -OCH3 is 1. The second-order valence-electron chi connectivity index (χ2n) is 9.50. The van der Waals surface area contributed by atoms with Crippen LogP contribution in [0.25, 0.3) is 0 Å². The maximum absolute atomic E-state index is 13.3. The van der Waals surface area contributed by atoms with E-state index >= 15 is 0 Å². The number of rotatable bonds is 4. The summed E-state index contributed by atoms with van der Waals surface area (Å²) < 4.78 is 33.8. The van der Waals surface area contributed by atoms with Gasteiger partial charge in [-0.2, -0.15) is 4.31 Å². The summed E-state index contributed by atoms with van der Waals surface area (Å²) in [4.78, 5) is 0.386. The van der Waals surface area contributed by atoms with Gasteiger partial charge in [0, 0.05) is 19.7 Å². The highest BCUT2D eigenvalue weighted by atomic mass is 32.2. The summed E-state index contributed by atoms with van der Waals surface area (Å²) in [5.74, 6) is 0. The quantitative estimate of drug-likeness (QED) is 0.805. The Labute approximate surface area is 152 Å². The molecule has 1 saturated heterocycles. The molecule has 1 aliphatic heterocycles. The van der Waals surface area contributed by atoms with Crippen molar-refractivity contribution in [2.45, 2.75) is 70.4 Å². The van der Waals surface area contributed by atoms with Gasteiger partial charge in [0.1, 0.15) is 0 Å². The molecule has 0 N–H and O–H groups in total. The molecule has 5 heteroatoms. The van der Waals surface area contributed by atoms with Gasteiger partial charge in [-0.15, -0.1) is 0 Å². The van der Waals surface area contributed by atoms with Crippen molar-refractivity contribution in [3.8, 4) is 0 Å². The number of ether oxygens (including phenoxy) is 1. The highest BCUT2D eigenvalue weighted by molar-refractivity contribution is 7.89. The van der Waals surface area contributed by atoms with Crippen molar-refractivity contribution in [1.82, 2.24) is 4.31 Å². The normalized spacial score (nSPS) is 29.8. The van der Waals surface area contributed by atoms with Gasteiger partial charge in [-0.3, -0.25) is 0 Å². The number of benzene rings is 1. The lowest BCUT2D eigenvalue weighted by Crippen LogP contribution is -2.37. The van der Waals surface area contributed by atoms with E-state index in [0.717, 1.165) is 24.8 Å². The fourth-order valence-electron chi connectivity index (χ4n) is 4.97. The smallest absolute Gasteiger partial charge is 0.243 e. The molecular weight excluding hydrogens is 334 g/mol. The summed E-state index contributed by atoms with van der Waals surface area (Å²) in [5, 5.41) is 0. The lowest BCUT2D eigenvalue weighted by Gasteiger charge is -2.39. The Morgan fingerprint density at radius 1 is 1.12 bits per heavy atom. The number of sulfonamides is 1. The van der Waals surface area contributed by atoms with Gasteiger partial charge in [0.2, 0.25) is 10.0 Å². The van der Waals surface area contributed by atoms with E-state index in [1.54, 1.807) is 23.5 Å². The minimum Gasteiger partial charge on any atom is -0.374 e. The zero-order valence-electron chi connectivity index (χ0n) is 16.3. The van der Waals surface area contributed by atoms with E-state index in [0.29, 0.717) is 11.4 Å². The van der Waals surface area contributed by atoms with Gasteiger partial charge < -0.3 is 4.74 Å². The van der Waals surface area contributed by atoms with Gasteiger partial charge in [0.05, 0.1) is 10.5 Å². The maximum atomic E-state index is 13.3. The van der Waals surface area contributed by atoms with Crippen LogP contribution in [0.1, 0.15) is 59.4 Å². The van der Waals surface area contributed by atoms with E-state index in [1.165, 1.54) is 0 Å². The molecule has 0 spiro atoms. The highest BCUT2D eigenvalue weighted by Crippen LogP contribution is 2.53. The molecule has 2 aliphatic rings. The lowest BCUT2D eigenvalue weighted by atomic mass is 9.65. The van der Waals surface area contributed by atoms with Crippen LogP contribution in [0.15, 0.2) is 29.2 Å². The Bertz CT molecular complexity index is 752. The molecule has 2 bridgehead atoms. The van der Waals surface area contributed by atoms with Gasteiger partial charge in [0.25, 0.3) is 0 Å². The van der Waals surface area contributed by atoms with Crippen LogP contribution in [0.5, 0.6) is 0 Å². The molecule has 1 saturated carbocycles. The fourth-order valence-corrected chi connectivity index (χ4v) is 6.74. The van der Waals surface area contributed by atoms with Crippen molar-refractivity contribution in [3.63, 3.8) is 0 Å². The van der Waals surface area contributed by atoms with Crippen LogP contribution in [-0.4, -0.2) is 32.4 Å². The van der Waals surface area contributed by atoms with Crippen LogP contribution in [0.3, 0.4) is 0 Å². The third-order valence-corrected chi connectivity index (χ3v) is 7.95. The molecular formula is C20H31NO3S. The lowest BCUT2D eigenvalue weighted by molar-refractivity contribution is 0.0192. The van der Waals surface area contributed by atoms with E-state index in [-0.39, 0.29) is 16.9 Å². The third kappa shape index (κ3) is 3.38.